The molecule has 2 N–H and O–H groups in total. The monoisotopic (exact) mass is 346 g/mol. The molecular weight excluding hydrogens is 320 g/mol. The summed E-state index contributed by atoms with van der Waals surface area (Å²) in [5, 5.41) is 5.70. The second-order valence-corrected chi connectivity index (χ2v) is 6.19. The van der Waals surface area contributed by atoms with Crippen molar-refractivity contribution in [2.75, 3.05) is 20.6 Å². The second kappa shape index (κ2) is 9.08. The van der Waals surface area contributed by atoms with Crippen LogP contribution in [0.2, 0.25) is 0 Å². The van der Waals surface area contributed by atoms with Crippen LogP contribution in [0.5, 0.6) is 5.88 Å². The van der Waals surface area contributed by atoms with Crippen LogP contribution in [-0.2, 0) is 6.54 Å². The van der Waals surface area contributed by atoms with Crippen LogP contribution in [0.3, 0.4) is 0 Å². The first-order chi connectivity index (χ1) is 12.0. The van der Waals surface area contributed by atoms with Gasteiger partial charge in [-0.05, 0) is 46.1 Å². The Bertz CT molecular complexity index is 656. The van der Waals surface area contributed by atoms with Gasteiger partial charge >= 0.3 is 6.03 Å². The van der Waals surface area contributed by atoms with Crippen molar-refractivity contribution in [3.05, 3.63) is 48.0 Å². The summed E-state index contributed by atoms with van der Waals surface area (Å²) in [6, 6.07) is 7.16. The topological polar surface area (TPSA) is 79.6 Å². The zero-order valence-corrected chi connectivity index (χ0v) is 15.2. The summed E-state index contributed by atoms with van der Waals surface area (Å²) in [7, 11) is 3.88. The van der Waals surface area contributed by atoms with Crippen molar-refractivity contribution in [2.45, 2.75) is 32.5 Å². The Morgan fingerprint density at radius 2 is 2.08 bits per heavy atom. The zero-order valence-electron chi connectivity index (χ0n) is 15.2. The van der Waals surface area contributed by atoms with E-state index < -0.39 is 0 Å². The molecule has 0 aliphatic heterocycles. The summed E-state index contributed by atoms with van der Waals surface area (Å²) in [6.07, 6.45) is 3.33. The van der Waals surface area contributed by atoms with Crippen molar-refractivity contribution < 1.29 is 13.9 Å². The first-order valence-corrected chi connectivity index (χ1v) is 8.29. The van der Waals surface area contributed by atoms with Crippen molar-refractivity contribution in [2.24, 2.45) is 0 Å². The summed E-state index contributed by atoms with van der Waals surface area (Å²) >= 11 is 0. The van der Waals surface area contributed by atoms with Crippen LogP contribution in [0.25, 0.3) is 0 Å². The summed E-state index contributed by atoms with van der Waals surface area (Å²) in [6.45, 7) is 4.66. The van der Waals surface area contributed by atoms with Crippen LogP contribution >= 0.6 is 0 Å². The number of nitrogens with one attached hydrogen (secondary N) is 2. The molecule has 0 aromatic carbocycles. The predicted octanol–water partition coefficient (Wildman–Crippen LogP) is 2.56. The van der Waals surface area contributed by atoms with Gasteiger partial charge in [-0.25, -0.2) is 9.78 Å². The number of furan rings is 1. The summed E-state index contributed by atoms with van der Waals surface area (Å²) in [4.78, 5) is 18.3. The minimum absolute atomic E-state index is 0.0247. The molecular formula is C18H26N4O3. The third kappa shape index (κ3) is 5.79. The van der Waals surface area contributed by atoms with Crippen molar-refractivity contribution in [1.29, 1.82) is 0 Å². The standard InChI is InChI=1S/C18H26N4O3/c1-13(2)25-17-14(7-5-9-19-17)11-20-18(23)21-12-15(22(3)4)16-8-6-10-24-16/h5-10,13,15H,11-12H2,1-4H3,(H2,20,21,23)/t15-/m0/s1. The van der Waals surface area contributed by atoms with Gasteiger partial charge in [0.1, 0.15) is 5.76 Å². The van der Waals surface area contributed by atoms with Crippen LogP contribution in [-0.4, -0.2) is 42.7 Å². The van der Waals surface area contributed by atoms with Crippen LogP contribution < -0.4 is 15.4 Å². The maximum Gasteiger partial charge on any atom is 0.315 e. The molecule has 0 fully saturated rings. The molecule has 2 heterocycles. The largest absolute Gasteiger partial charge is 0.475 e. The third-order valence-electron chi connectivity index (χ3n) is 3.59. The van der Waals surface area contributed by atoms with Crippen molar-refractivity contribution in [3.63, 3.8) is 0 Å². The van der Waals surface area contributed by atoms with E-state index >= 15 is 0 Å². The number of hydrogen-bond acceptors (Lipinski definition) is 5. The fourth-order valence-electron chi connectivity index (χ4n) is 2.33. The number of nitrogens with zero attached hydrogens (tertiary/aromatic N) is 2. The number of aromatic nitrogens is 1. The highest BCUT2D eigenvalue weighted by atomic mass is 16.5. The Labute approximate surface area is 148 Å². The summed E-state index contributed by atoms with van der Waals surface area (Å²) in [5.41, 5.74) is 0.835. The Balaban J connectivity index is 1.87. The van der Waals surface area contributed by atoms with Gasteiger partial charge in [-0.1, -0.05) is 6.07 Å². The molecule has 0 spiro atoms. The molecule has 2 amide bonds. The molecule has 0 bridgehead atoms. The minimum Gasteiger partial charge on any atom is -0.475 e. The highest BCUT2D eigenvalue weighted by Crippen LogP contribution is 2.18. The third-order valence-corrected chi connectivity index (χ3v) is 3.59. The molecule has 0 aliphatic carbocycles. The van der Waals surface area contributed by atoms with Gasteiger partial charge in [0.05, 0.1) is 18.4 Å². The van der Waals surface area contributed by atoms with E-state index in [0.717, 1.165) is 11.3 Å². The lowest BCUT2D eigenvalue weighted by Crippen LogP contribution is -2.40. The number of pyridine rings is 1. The van der Waals surface area contributed by atoms with Crippen LogP contribution in [0, 0.1) is 0 Å². The number of hydrogen-bond donors (Lipinski definition) is 2. The van der Waals surface area contributed by atoms with Gasteiger partial charge in [0, 0.05) is 24.8 Å². The average molecular weight is 346 g/mol. The lowest BCUT2D eigenvalue weighted by molar-refractivity contribution is 0.223. The molecule has 25 heavy (non-hydrogen) atoms. The molecule has 7 heteroatoms. The second-order valence-electron chi connectivity index (χ2n) is 6.19. The molecule has 0 aliphatic rings. The zero-order chi connectivity index (χ0) is 18.2. The van der Waals surface area contributed by atoms with Gasteiger partial charge in [-0.15, -0.1) is 0 Å². The summed E-state index contributed by atoms with van der Waals surface area (Å²) in [5.74, 6) is 1.35. The van der Waals surface area contributed by atoms with Crippen LogP contribution in [0.1, 0.15) is 31.2 Å². The van der Waals surface area contributed by atoms with E-state index in [-0.39, 0.29) is 18.2 Å². The van der Waals surface area contributed by atoms with E-state index in [4.69, 9.17) is 9.15 Å². The summed E-state index contributed by atoms with van der Waals surface area (Å²) < 4.78 is 11.1. The van der Waals surface area contributed by atoms with Crippen molar-refractivity contribution in [3.8, 4) is 5.88 Å². The molecule has 0 radical (unpaired) electrons. The maximum atomic E-state index is 12.1. The quantitative estimate of drug-likeness (QED) is 0.768. The van der Waals surface area contributed by atoms with Gasteiger partial charge < -0.3 is 19.8 Å². The average Bonchev–Trinajstić information content (AvgIpc) is 3.07. The van der Waals surface area contributed by atoms with Gasteiger partial charge in [0.2, 0.25) is 5.88 Å². The molecule has 136 valence electrons. The number of amides is 2. The van der Waals surface area contributed by atoms with Gasteiger partial charge in [0.15, 0.2) is 0 Å². The maximum absolute atomic E-state index is 12.1. The number of urea groups is 1. The van der Waals surface area contributed by atoms with Crippen LogP contribution in [0.15, 0.2) is 41.1 Å². The normalized spacial score (nSPS) is 12.2. The first kappa shape index (κ1) is 18.8. The van der Waals surface area contributed by atoms with Crippen molar-refractivity contribution >= 4 is 6.03 Å². The Hall–Kier alpha value is -2.54. The minimum atomic E-state index is -0.252. The number of likely N-dealkylation sites (N-methyl/N-ethyl adjacent to an activating group) is 1. The lowest BCUT2D eigenvalue weighted by Gasteiger charge is -2.22. The smallest absolute Gasteiger partial charge is 0.315 e. The van der Waals surface area contributed by atoms with E-state index in [1.54, 1.807) is 12.5 Å². The molecule has 0 unspecified atom stereocenters. The van der Waals surface area contributed by atoms with Gasteiger partial charge in [-0.3, -0.25) is 4.90 Å². The van der Waals surface area contributed by atoms with E-state index in [9.17, 15) is 4.79 Å². The molecule has 7 nitrogen and oxygen atoms in total. The van der Waals surface area contributed by atoms with E-state index in [1.165, 1.54) is 0 Å². The number of carbonyl (C=O) groups excluding carboxylic acids is 1. The SMILES string of the molecule is CC(C)Oc1ncccc1CNC(=O)NC[C@@H](c1ccco1)N(C)C. The van der Waals surface area contributed by atoms with E-state index in [0.29, 0.717) is 19.0 Å². The Morgan fingerprint density at radius 1 is 1.28 bits per heavy atom. The van der Waals surface area contributed by atoms with E-state index in [2.05, 4.69) is 15.6 Å². The molecule has 0 saturated carbocycles. The highest BCUT2D eigenvalue weighted by molar-refractivity contribution is 5.73. The van der Waals surface area contributed by atoms with Crippen LogP contribution in [0.4, 0.5) is 4.79 Å². The first-order valence-electron chi connectivity index (χ1n) is 8.29. The van der Waals surface area contributed by atoms with Crippen molar-refractivity contribution in [1.82, 2.24) is 20.5 Å². The Kier molecular flexibility index (Phi) is 6.82. The predicted molar refractivity (Wildman–Crippen MR) is 95.4 cm³/mol. The number of ether oxygens (including phenoxy) is 1. The lowest BCUT2D eigenvalue weighted by atomic mass is 10.2. The highest BCUT2D eigenvalue weighted by Gasteiger charge is 2.18. The fraction of sp³-hybridized carbons (Fsp3) is 0.444. The van der Waals surface area contributed by atoms with Gasteiger partial charge in [-0.2, -0.15) is 0 Å². The van der Waals surface area contributed by atoms with Gasteiger partial charge in [0.25, 0.3) is 0 Å². The molecule has 1 atom stereocenters. The number of rotatable bonds is 8. The molecule has 0 saturated heterocycles. The van der Waals surface area contributed by atoms with E-state index in [1.807, 2.05) is 57.1 Å². The molecule has 2 rings (SSSR count). The molecule has 2 aromatic heterocycles. The Morgan fingerprint density at radius 3 is 2.72 bits per heavy atom. The molecule has 2 aromatic rings. The fourth-order valence-corrected chi connectivity index (χ4v) is 2.33. The number of carbonyl (C=O) groups is 1.